The van der Waals surface area contributed by atoms with E-state index < -0.39 is 0 Å². The summed E-state index contributed by atoms with van der Waals surface area (Å²) in [6.45, 7) is 6.63. The average molecular weight is 390 g/mol. The summed E-state index contributed by atoms with van der Waals surface area (Å²) in [7, 11) is 3.46. The average Bonchev–Trinajstić information content (AvgIpc) is 3.21. The van der Waals surface area contributed by atoms with Crippen molar-refractivity contribution in [2.75, 3.05) is 32.1 Å². The second-order valence-electron chi connectivity index (χ2n) is 5.92. The lowest BCUT2D eigenvalue weighted by Crippen LogP contribution is -2.25. The normalized spacial score (nSPS) is 10.9. The highest BCUT2D eigenvalue weighted by atomic mass is 32.1. The fourth-order valence-electron chi connectivity index (χ4n) is 2.81. The van der Waals surface area contributed by atoms with Gasteiger partial charge < -0.3 is 14.5 Å². The van der Waals surface area contributed by atoms with E-state index in [1.165, 1.54) is 11.3 Å². The predicted octanol–water partition coefficient (Wildman–Crippen LogP) is 4.48. The van der Waals surface area contributed by atoms with Crippen molar-refractivity contribution in [3.8, 4) is 5.75 Å². The molecule has 2 heterocycles. The summed E-state index contributed by atoms with van der Waals surface area (Å²) in [4.78, 5) is 23.1. The molecule has 26 heavy (non-hydrogen) atoms. The zero-order valence-corrected chi connectivity index (χ0v) is 17.1. The van der Waals surface area contributed by atoms with Gasteiger partial charge in [0.1, 0.15) is 10.6 Å². The van der Waals surface area contributed by atoms with Crippen LogP contribution in [0.1, 0.15) is 29.1 Å². The van der Waals surface area contributed by atoms with Crippen molar-refractivity contribution in [2.24, 2.45) is 0 Å². The largest absolute Gasteiger partial charge is 0.496 e. The Hall–Kier alpha value is -2.12. The number of ether oxygens (including phenoxy) is 1. The van der Waals surface area contributed by atoms with E-state index >= 15 is 0 Å². The first kappa shape index (κ1) is 18.7. The zero-order chi connectivity index (χ0) is 18.7. The Morgan fingerprint density at radius 1 is 1.19 bits per heavy atom. The van der Waals surface area contributed by atoms with Crippen molar-refractivity contribution in [1.29, 1.82) is 0 Å². The highest BCUT2D eigenvalue weighted by molar-refractivity contribution is 7.29. The van der Waals surface area contributed by atoms with Crippen LogP contribution in [0.3, 0.4) is 0 Å². The SMILES string of the molecule is CCN(CC)c1nc2sc(C(=O)N(C)Cc3ccccc3OC)cc2s1. The van der Waals surface area contributed by atoms with Crippen LogP contribution in [0, 0.1) is 0 Å². The maximum Gasteiger partial charge on any atom is 0.264 e. The van der Waals surface area contributed by atoms with Crippen molar-refractivity contribution in [1.82, 2.24) is 9.88 Å². The second-order valence-corrected chi connectivity index (χ2v) is 7.96. The number of aromatic nitrogens is 1. The number of hydrogen-bond acceptors (Lipinski definition) is 6. The number of methoxy groups -OCH3 is 1. The van der Waals surface area contributed by atoms with Gasteiger partial charge in [-0.15, -0.1) is 11.3 Å². The highest BCUT2D eigenvalue weighted by Crippen LogP contribution is 2.35. The van der Waals surface area contributed by atoms with Crippen LogP contribution >= 0.6 is 22.7 Å². The molecule has 0 bridgehead atoms. The molecule has 0 saturated carbocycles. The minimum atomic E-state index is 0.00972. The third-order valence-electron chi connectivity index (χ3n) is 4.27. The molecule has 7 heteroatoms. The van der Waals surface area contributed by atoms with Gasteiger partial charge in [-0.05, 0) is 26.0 Å². The van der Waals surface area contributed by atoms with E-state index in [1.807, 2.05) is 37.4 Å². The van der Waals surface area contributed by atoms with E-state index in [4.69, 9.17) is 9.72 Å². The summed E-state index contributed by atoms with van der Waals surface area (Å²) >= 11 is 3.11. The number of fused-ring (bicyclic) bond motifs is 1. The third kappa shape index (κ3) is 3.68. The first-order valence-electron chi connectivity index (χ1n) is 8.60. The monoisotopic (exact) mass is 389 g/mol. The lowest BCUT2D eigenvalue weighted by atomic mass is 10.2. The Balaban J connectivity index is 1.77. The van der Waals surface area contributed by atoms with Gasteiger partial charge >= 0.3 is 0 Å². The number of rotatable bonds is 7. The van der Waals surface area contributed by atoms with Crippen LogP contribution in [-0.2, 0) is 6.54 Å². The molecule has 0 atom stereocenters. The van der Waals surface area contributed by atoms with Crippen molar-refractivity contribution < 1.29 is 9.53 Å². The Kier molecular flexibility index (Phi) is 5.78. The van der Waals surface area contributed by atoms with Crippen LogP contribution in [0.25, 0.3) is 9.53 Å². The van der Waals surface area contributed by atoms with Crippen LogP contribution in [0.2, 0.25) is 0 Å². The van der Waals surface area contributed by atoms with E-state index in [0.29, 0.717) is 6.54 Å². The maximum atomic E-state index is 12.8. The van der Waals surface area contributed by atoms with Gasteiger partial charge in [-0.1, -0.05) is 29.5 Å². The molecular weight excluding hydrogens is 366 g/mol. The van der Waals surface area contributed by atoms with E-state index in [0.717, 1.165) is 43.9 Å². The second kappa shape index (κ2) is 8.05. The lowest BCUT2D eigenvalue weighted by molar-refractivity contribution is 0.0789. The van der Waals surface area contributed by atoms with Crippen molar-refractivity contribution in [3.05, 3.63) is 40.8 Å². The molecular formula is C19H23N3O2S2. The third-order valence-corrected chi connectivity index (χ3v) is 6.48. The molecule has 1 aromatic carbocycles. The molecule has 0 saturated heterocycles. The minimum Gasteiger partial charge on any atom is -0.496 e. The van der Waals surface area contributed by atoms with E-state index in [1.54, 1.807) is 23.3 Å². The summed E-state index contributed by atoms with van der Waals surface area (Å²) in [5.41, 5.74) is 0.992. The molecule has 138 valence electrons. The van der Waals surface area contributed by atoms with Crippen LogP contribution in [0.4, 0.5) is 5.13 Å². The number of benzene rings is 1. The quantitative estimate of drug-likeness (QED) is 0.597. The molecule has 0 aliphatic carbocycles. The molecule has 3 aromatic rings. The number of para-hydroxylation sites is 1. The van der Waals surface area contributed by atoms with Gasteiger partial charge in [0.15, 0.2) is 5.13 Å². The van der Waals surface area contributed by atoms with Gasteiger partial charge in [-0.25, -0.2) is 4.98 Å². The molecule has 3 rings (SSSR count). The number of nitrogens with zero attached hydrogens (tertiary/aromatic N) is 3. The molecule has 0 aliphatic rings. The number of carbonyl (C=O) groups excluding carboxylic acids is 1. The molecule has 0 N–H and O–H groups in total. The standard InChI is InChI=1S/C19H23N3O2S2/c1-5-22(6-2)19-20-17-15(26-19)11-16(25-17)18(23)21(3)12-13-9-7-8-10-14(13)24-4/h7-11H,5-6,12H2,1-4H3. The number of hydrogen-bond donors (Lipinski definition) is 0. The highest BCUT2D eigenvalue weighted by Gasteiger charge is 2.19. The van der Waals surface area contributed by atoms with E-state index in [9.17, 15) is 4.79 Å². The summed E-state index contributed by atoms with van der Waals surface area (Å²) in [6, 6.07) is 9.74. The first-order chi connectivity index (χ1) is 12.6. The van der Waals surface area contributed by atoms with Crippen LogP contribution in [0.5, 0.6) is 5.75 Å². The minimum absolute atomic E-state index is 0.00972. The number of thiazole rings is 1. The molecule has 2 aromatic heterocycles. The molecule has 0 radical (unpaired) electrons. The van der Waals surface area contributed by atoms with Gasteiger partial charge in [0.25, 0.3) is 5.91 Å². The number of carbonyl (C=O) groups is 1. The van der Waals surface area contributed by atoms with Crippen molar-refractivity contribution in [2.45, 2.75) is 20.4 Å². The Morgan fingerprint density at radius 3 is 2.58 bits per heavy atom. The molecule has 0 aliphatic heterocycles. The van der Waals surface area contributed by atoms with Gasteiger partial charge in [-0.3, -0.25) is 4.79 Å². The summed E-state index contributed by atoms with van der Waals surface area (Å²) in [6.07, 6.45) is 0. The fraction of sp³-hybridized carbons (Fsp3) is 0.368. The topological polar surface area (TPSA) is 45.7 Å². The number of anilines is 1. The molecule has 0 unspecified atom stereocenters. The molecule has 0 fully saturated rings. The van der Waals surface area contributed by atoms with Crippen LogP contribution < -0.4 is 9.64 Å². The van der Waals surface area contributed by atoms with E-state index in [2.05, 4.69) is 18.7 Å². The van der Waals surface area contributed by atoms with Crippen molar-refractivity contribution >= 4 is 43.2 Å². The predicted molar refractivity (Wildman–Crippen MR) is 110 cm³/mol. The smallest absolute Gasteiger partial charge is 0.264 e. The first-order valence-corrected chi connectivity index (χ1v) is 10.2. The number of thiophene rings is 1. The van der Waals surface area contributed by atoms with Gasteiger partial charge in [0.2, 0.25) is 0 Å². The lowest BCUT2D eigenvalue weighted by Gasteiger charge is -2.18. The van der Waals surface area contributed by atoms with Gasteiger partial charge in [0.05, 0.1) is 16.7 Å². The molecule has 5 nitrogen and oxygen atoms in total. The summed E-state index contributed by atoms with van der Waals surface area (Å²) in [5.74, 6) is 0.806. The van der Waals surface area contributed by atoms with Gasteiger partial charge in [0, 0.05) is 32.2 Å². The molecule has 1 amide bonds. The Labute approximate surface area is 161 Å². The Bertz CT molecular complexity index is 868. The summed E-state index contributed by atoms with van der Waals surface area (Å²) < 4.78 is 6.45. The summed E-state index contributed by atoms with van der Waals surface area (Å²) in [5, 5.41) is 1.03. The van der Waals surface area contributed by atoms with Crippen molar-refractivity contribution in [3.63, 3.8) is 0 Å². The van der Waals surface area contributed by atoms with E-state index in [-0.39, 0.29) is 5.91 Å². The van der Waals surface area contributed by atoms with Crippen LogP contribution in [-0.4, -0.2) is 43.0 Å². The van der Waals surface area contributed by atoms with Gasteiger partial charge in [-0.2, -0.15) is 0 Å². The Morgan fingerprint density at radius 2 is 1.92 bits per heavy atom. The molecule has 0 spiro atoms. The van der Waals surface area contributed by atoms with Crippen LogP contribution in [0.15, 0.2) is 30.3 Å². The maximum absolute atomic E-state index is 12.8. The zero-order valence-electron chi connectivity index (χ0n) is 15.5. The fourth-order valence-corrected chi connectivity index (χ4v) is 5.14. The number of amides is 1.